The van der Waals surface area contributed by atoms with Crippen molar-refractivity contribution in [3.05, 3.63) is 58.4 Å². The molecule has 1 aliphatic rings. The molecule has 3 aromatic rings. The van der Waals surface area contributed by atoms with E-state index in [9.17, 15) is 9.59 Å². The summed E-state index contributed by atoms with van der Waals surface area (Å²) in [5, 5.41) is 14.3. The molecule has 134 valence electrons. The molecule has 0 aliphatic carbocycles. The summed E-state index contributed by atoms with van der Waals surface area (Å²) in [4.78, 5) is 24.8. The predicted molar refractivity (Wildman–Crippen MR) is 95.7 cm³/mol. The third-order valence-corrected chi connectivity index (χ3v) is 4.78. The summed E-state index contributed by atoms with van der Waals surface area (Å²) in [5.41, 5.74) is 2.04. The van der Waals surface area contributed by atoms with E-state index in [-0.39, 0.29) is 17.6 Å². The van der Waals surface area contributed by atoms with Crippen molar-refractivity contribution in [2.45, 2.75) is 31.8 Å². The molecule has 1 aliphatic heterocycles. The van der Waals surface area contributed by atoms with E-state index in [1.807, 2.05) is 30.3 Å². The van der Waals surface area contributed by atoms with E-state index in [4.69, 9.17) is 0 Å². The van der Waals surface area contributed by atoms with Crippen LogP contribution in [0.1, 0.15) is 29.0 Å². The second-order valence-corrected chi connectivity index (χ2v) is 6.50. The van der Waals surface area contributed by atoms with Crippen LogP contribution in [0.2, 0.25) is 0 Å². The number of fused-ring (bicyclic) bond motifs is 1. The molecular weight excluding hydrogens is 332 g/mol. The van der Waals surface area contributed by atoms with Crippen molar-refractivity contribution in [2.75, 3.05) is 0 Å². The smallest absolute Gasteiger partial charge is 0.345 e. The number of nitrogens with one attached hydrogen (secondary N) is 2. The zero-order chi connectivity index (χ0) is 18.1. The Bertz CT molecular complexity index is 985. The molecule has 4 rings (SSSR count). The van der Waals surface area contributed by atoms with Crippen LogP contribution >= 0.6 is 0 Å². The summed E-state index contributed by atoms with van der Waals surface area (Å²) in [6, 6.07) is 9.64. The number of benzene rings is 1. The Morgan fingerprint density at radius 1 is 1.27 bits per heavy atom. The van der Waals surface area contributed by atoms with Gasteiger partial charge in [0.25, 0.3) is 5.91 Å². The SMILES string of the molecule is Cn1nc2n(c1=O)CCC(NC(=O)c1cn[nH]c1-c1ccccc1)CC2. The molecule has 1 atom stereocenters. The predicted octanol–water partition coefficient (Wildman–Crippen LogP) is 1.11. The van der Waals surface area contributed by atoms with Gasteiger partial charge in [-0.25, -0.2) is 9.48 Å². The van der Waals surface area contributed by atoms with E-state index in [2.05, 4.69) is 20.6 Å². The lowest BCUT2D eigenvalue weighted by molar-refractivity contribution is 0.0933. The van der Waals surface area contributed by atoms with Crippen molar-refractivity contribution >= 4 is 5.91 Å². The normalized spacial score (nSPS) is 16.7. The van der Waals surface area contributed by atoms with Crippen LogP contribution in [0, 0.1) is 0 Å². The van der Waals surface area contributed by atoms with Crippen molar-refractivity contribution in [3.8, 4) is 11.3 Å². The molecular formula is C18H20N6O2. The number of aromatic nitrogens is 5. The minimum absolute atomic E-state index is 0.00701. The average Bonchev–Trinajstić information content (AvgIpc) is 3.18. The van der Waals surface area contributed by atoms with E-state index in [1.54, 1.807) is 17.8 Å². The van der Waals surface area contributed by atoms with E-state index in [0.29, 0.717) is 30.6 Å². The minimum Gasteiger partial charge on any atom is -0.349 e. The molecule has 0 saturated carbocycles. The van der Waals surface area contributed by atoms with Gasteiger partial charge in [-0.1, -0.05) is 30.3 Å². The molecule has 0 radical (unpaired) electrons. The first kappa shape index (κ1) is 16.3. The van der Waals surface area contributed by atoms with Crippen LogP contribution in [-0.4, -0.2) is 36.5 Å². The lowest BCUT2D eigenvalue weighted by Gasteiger charge is -2.16. The molecule has 0 saturated heterocycles. The topological polar surface area (TPSA) is 97.6 Å². The molecule has 2 aromatic heterocycles. The van der Waals surface area contributed by atoms with Crippen molar-refractivity contribution in [3.63, 3.8) is 0 Å². The first-order valence-corrected chi connectivity index (χ1v) is 8.66. The van der Waals surface area contributed by atoms with Crippen LogP contribution in [0.4, 0.5) is 0 Å². The second kappa shape index (κ2) is 6.62. The number of amides is 1. The standard InChI is InChI=1S/C18H20N6O2/c1-23-18(26)24-10-9-13(7-8-15(24)22-23)20-17(25)14-11-19-21-16(14)12-5-3-2-4-6-12/h2-6,11,13H,7-10H2,1H3,(H,19,21)(H,20,25). The summed E-state index contributed by atoms with van der Waals surface area (Å²) in [6.45, 7) is 0.559. The number of hydrogen-bond acceptors (Lipinski definition) is 4. The number of rotatable bonds is 3. The minimum atomic E-state index is -0.157. The number of carbonyl (C=O) groups is 1. The Labute approximate surface area is 149 Å². The highest BCUT2D eigenvalue weighted by molar-refractivity contribution is 5.99. The average molecular weight is 352 g/mol. The van der Waals surface area contributed by atoms with Gasteiger partial charge in [-0.2, -0.15) is 10.2 Å². The summed E-state index contributed by atoms with van der Waals surface area (Å²) in [7, 11) is 1.66. The third kappa shape index (κ3) is 2.94. The molecule has 0 spiro atoms. The molecule has 1 unspecified atom stereocenters. The van der Waals surface area contributed by atoms with Crippen LogP contribution in [0.3, 0.4) is 0 Å². The highest BCUT2D eigenvalue weighted by Gasteiger charge is 2.23. The molecule has 8 nitrogen and oxygen atoms in total. The molecule has 1 aromatic carbocycles. The first-order chi connectivity index (χ1) is 12.6. The summed E-state index contributed by atoms with van der Waals surface area (Å²) >= 11 is 0. The molecule has 0 bridgehead atoms. The Balaban J connectivity index is 1.48. The van der Waals surface area contributed by atoms with Gasteiger partial charge >= 0.3 is 5.69 Å². The zero-order valence-electron chi connectivity index (χ0n) is 14.5. The van der Waals surface area contributed by atoms with Crippen LogP contribution in [0.5, 0.6) is 0 Å². The number of nitrogens with zero attached hydrogens (tertiary/aromatic N) is 4. The molecule has 8 heteroatoms. The van der Waals surface area contributed by atoms with Gasteiger partial charge in [0, 0.05) is 31.6 Å². The van der Waals surface area contributed by atoms with E-state index in [1.165, 1.54) is 4.68 Å². The van der Waals surface area contributed by atoms with Gasteiger partial charge in [-0.15, -0.1) is 0 Å². The highest BCUT2D eigenvalue weighted by Crippen LogP contribution is 2.21. The fraction of sp³-hybridized carbons (Fsp3) is 0.333. The van der Waals surface area contributed by atoms with Crippen molar-refractivity contribution in [2.24, 2.45) is 7.05 Å². The van der Waals surface area contributed by atoms with Gasteiger partial charge in [0.2, 0.25) is 0 Å². The number of aryl methyl sites for hydroxylation is 2. The van der Waals surface area contributed by atoms with Crippen LogP contribution in [-0.2, 0) is 20.0 Å². The summed E-state index contributed by atoms with van der Waals surface area (Å²) < 4.78 is 3.06. The van der Waals surface area contributed by atoms with Gasteiger partial charge in [0.05, 0.1) is 17.5 Å². The zero-order valence-corrected chi connectivity index (χ0v) is 14.5. The van der Waals surface area contributed by atoms with Crippen molar-refractivity contribution in [1.29, 1.82) is 0 Å². The Morgan fingerprint density at radius 2 is 2.08 bits per heavy atom. The molecule has 26 heavy (non-hydrogen) atoms. The molecule has 1 amide bonds. The van der Waals surface area contributed by atoms with E-state index >= 15 is 0 Å². The lowest BCUT2D eigenvalue weighted by Crippen LogP contribution is -2.35. The molecule has 0 fully saturated rings. The van der Waals surface area contributed by atoms with E-state index < -0.39 is 0 Å². The Hall–Kier alpha value is -3.16. The quantitative estimate of drug-likeness (QED) is 0.738. The van der Waals surface area contributed by atoms with Gasteiger partial charge < -0.3 is 5.32 Å². The summed E-state index contributed by atoms with van der Waals surface area (Å²) in [6.07, 6.45) is 3.66. The second-order valence-electron chi connectivity index (χ2n) is 6.50. The maximum atomic E-state index is 12.8. The van der Waals surface area contributed by atoms with Crippen LogP contribution in [0.15, 0.2) is 41.3 Å². The van der Waals surface area contributed by atoms with E-state index in [0.717, 1.165) is 17.8 Å². The summed E-state index contributed by atoms with van der Waals surface area (Å²) in [5.74, 6) is 0.623. The van der Waals surface area contributed by atoms with Crippen LogP contribution in [0.25, 0.3) is 11.3 Å². The van der Waals surface area contributed by atoms with Gasteiger partial charge in [-0.05, 0) is 12.8 Å². The fourth-order valence-electron chi connectivity index (χ4n) is 3.39. The van der Waals surface area contributed by atoms with Gasteiger partial charge in [0.1, 0.15) is 5.82 Å². The number of aromatic amines is 1. The number of hydrogen-bond donors (Lipinski definition) is 2. The largest absolute Gasteiger partial charge is 0.349 e. The third-order valence-electron chi connectivity index (χ3n) is 4.78. The monoisotopic (exact) mass is 352 g/mol. The Kier molecular flexibility index (Phi) is 4.16. The maximum absolute atomic E-state index is 12.8. The first-order valence-electron chi connectivity index (χ1n) is 8.66. The maximum Gasteiger partial charge on any atom is 0.345 e. The fourth-order valence-corrected chi connectivity index (χ4v) is 3.39. The molecule has 2 N–H and O–H groups in total. The van der Waals surface area contributed by atoms with Crippen molar-refractivity contribution < 1.29 is 4.79 Å². The van der Waals surface area contributed by atoms with Gasteiger partial charge in [-0.3, -0.25) is 14.5 Å². The Morgan fingerprint density at radius 3 is 2.88 bits per heavy atom. The lowest BCUT2D eigenvalue weighted by atomic mass is 10.1. The highest BCUT2D eigenvalue weighted by atomic mass is 16.2. The van der Waals surface area contributed by atoms with Gasteiger partial charge in [0.15, 0.2) is 0 Å². The number of carbonyl (C=O) groups excluding carboxylic acids is 1. The van der Waals surface area contributed by atoms with Crippen molar-refractivity contribution in [1.82, 2.24) is 29.9 Å². The van der Waals surface area contributed by atoms with Crippen LogP contribution < -0.4 is 11.0 Å². The number of H-pyrrole nitrogens is 1. The molecule has 3 heterocycles.